The minimum absolute atomic E-state index is 0.178. The molecule has 1 aliphatic heterocycles. The van der Waals surface area contributed by atoms with Crippen LogP contribution in [0.4, 0.5) is 4.39 Å². The highest BCUT2D eigenvalue weighted by Crippen LogP contribution is 2.28. The van der Waals surface area contributed by atoms with Crippen LogP contribution < -0.4 is 0 Å². The van der Waals surface area contributed by atoms with Crippen LogP contribution in [0.2, 0.25) is 0 Å². The molecular formula is C21H22FN7. The van der Waals surface area contributed by atoms with Crippen molar-refractivity contribution in [1.29, 1.82) is 0 Å². The summed E-state index contributed by atoms with van der Waals surface area (Å²) in [7, 11) is 1.91. The lowest BCUT2D eigenvalue weighted by Crippen LogP contribution is -2.33. The van der Waals surface area contributed by atoms with E-state index in [1.807, 2.05) is 40.5 Å². The van der Waals surface area contributed by atoms with Crippen molar-refractivity contribution in [3.8, 4) is 11.4 Å². The van der Waals surface area contributed by atoms with E-state index in [0.29, 0.717) is 5.92 Å². The molecule has 8 heteroatoms. The van der Waals surface area contributed by atoms with E-state index in [4.69, 9.17) is 5.10 Å². The highest BCUT2D eigenvalue weighted by molar-refractivity contribution is 5.55. The molecule has 0 atom stereocenters. The van der Waals surface area contributed by atoms with E-state index in [0.717, 1.165) is 60.9 Å². The quantitative estimate of drug-likeness (QED) is 0.535. The topological polar surface area (TPSA) is 64.1 Å². The normalized spacial score (nSPS) is 15.9. The predicted molar refractivity (Wildman–Crippen MR) is 107 cm³/mol. The first kappa shape index (κ1) is 17.9. The number of rotatable bonds is 4. The Morgan fingerprint density at radius 1 is 1.07 bits per heavy atom. The zero-order valence-electron chi connectivity index (χ0n) is 16.2. The molecule has 0 radical (unpaired) electrons. The molecule has 1 aliphatic rings. The van der Waals surface area contributed by atoms with Gasteiger partial charge in [-0.2, -0.15) is 14.7 Å². The first-order chi connectivity index (χ1) is 14.2. The van der Waals surface area contributed by atoms with E-state index in [1.165, 1.54) is 6.07 Å². The third kappa shape index (κ3) is 3.51. The van der Waals surface area contributed by atoms with Gasteiger partial charge in [0.25, 0.3) is 0 Å². The van der Waals surface area contributed by atoms with Crippen molar-refractivity contribution < 1.29 is 4.39 Å². The number of halogens is 1. The highest BCUT2D eigenvalue weighted by Gasteiger charge is 2.25. The Labute approximate surface area is 167 Å². The molecule has 0 bridgehead atoms. The van der Waals surface area contributed by atoms with Crippen molar-refractivity contribution in [2.75, 3.05) is 13.1 Å². The average Bonchev–Trinajstić information content (AvgIpc) is 3.34. The molecule has 0 aliphatic carbocycles. The number of nitrogens with zero attached hydrogens (tertiary/aromatic N) is 7. The number of benzene rings is 1. The Morgan fingerprint density at radius 3 is 2.69 bits per heavy atom. The standard InChI is InChI=1S/C21H22FN7/c1-27-19(7-10-23-27)18-5-6-20-24-25-21(29(20)26-18)16-8-11-28(12-9-16)14-15-3-2-4-17(22)13-15/h2-7,10,13,16H,8-9,11-12,14H2,1H3. The second-order valence-electron chi connectivity index (χ2n) is 7.57. The fraction of sp³-hybridized carbons (Fsp3) is 0.333. The number of fused-ring (bicyclic) bond motifs is 1. The zero-order valence-corrected chi connectivity index (χ0v) is 16.2. The summed E-state index contributed by atoms with van der Waals surface area (Å²) in [6, 6.07) is 12.7. The summed E-state index contributed by atoms with van der Waals surface area (Å²) in [5.41, 5.74) is 3.57. The lowest BCUT2D eigenvalue weighted by molar-refractivity contribution is 0.200. The lowest BCUT2D eigenvalue weighted by atomic mass is 9.95. The largest absolute Gasteiger partial charge is 0.299 e. The molecule has 1 fully saturated rings. The van der Waals surface area contributed by atoms with E-state index in [-0.39, 0.29) is 5.82 Å². The number of aryl methyl sites for hydroxylation is 1. The summed E-state index contributed by atoms with van der Waals surface area (Å²) in [4.78, 5) is 2.36. The number of hydrogen-bond donors (Lipinski definition) is 0. The number of hydrogen-bond acceptors (Lipinski definition) is 5. The zero-order chi connectivity index (χ0) is 19.8. The van der Waals surface area contributed by atoms with Crippen LogP contribution in [-0.2, 0) is 13.6 Å². The molecule has 0 amide bonds. The van der Waals surface area contributed by atoms with Crippen LogP contribution in [-0.4, -0.2) is 47.6 Å². The van der Waals surface area contributed by atoms with Gasteiger partial charge in [-0.15, -0.1) is 10.2 Å². The van der Waals surface area contributed by atoms with Gasteiger partial charge < -0.3 is 0 Å². The van der Waals surface area contributed by atoms with Crippen molar-refractivity contribution in [3.63, 3.8) is 0 Å². The summed E-state index contributed by atoms with van der Waals surface area (Å²) in [5, 5.41) is 17.8. The molecule has 4 aromatic rings. The van der Waals surface area contributed by atoms with Gasteiger partial charge in [-0.3, -0.25) is 9.58 Å². The van der Waals surface area contributed by atoms with E-state index >= 15 is 0 Å². The second-order valence-corrected chi connectivity index (χ2v) is 7.57. The molecular weight excluding hydrogens is 369 g/mol. The number of aromatic nitrogens is 6. The van der Waals surface area contributed by atoms with Crippen LogP contribution in [0.25, 0.3) is 17.0 Å². The molecule has 0 spiro atoms. The van der Waals surface area contributed by atoms with Crippen LogP contribution in [0.5, 0.6) is 0 Å². The second kappa shape index (κ2) is 7.36. The van der Waals surface area contributed by atoms with Crippen molar-refractivity contribution in [2.45, 2.75) is 25.3 Å². The Kier molecular flexibility index (Phi) is 4.55. The Hall–Kier alpha value is -3.13. The Morgan fingerprint density at radius 2 is 1.93 bits per heavy atom. The van der Waals surface area contributed by atoms with E-state index in [9.17, 15) is 4.39 Å². The van der Waals surface area contributed by atoms with Crippen LogP contribution in [0, 0.1) is 5.82 Å². The summed E-state index contributed by atoms with van der Waals surface area (Å²) < 4.78 is 17.1. The van der Waals surface area contributed by atoms with E-state index < -0.39 is 0 Å². The Balaban J connectivity index is 1.33. The fourth-order valence-corrected chi connectivity index (χ4v) is 4.06. The molecule has 4 heterocycles. The summed E-state index contributed by atoms with van der Waals surface area (Å²) >= 11 is 0. The molecule has 29 heavy (non-hydrogen) atoms. The minimum Gasteiger partial charge on any atom is -0.299 e. The van der Waals surface area contributed by atoms with Crippen LogP contribution in [0.3, 0.4) is 0 Å². The summed E-state index contributed by atoms with van der Waals surface area (Å²) in [6.07, 6.45) is 3.73. The summed E-state index contributed by atoms with van der Waals surface area (Å²) in [6.45, 7) is 2.66. The molecule has 1 aromatic carbocycles. The third-order valence-corrected chi connectivity index (χ3v) is 5.62. The van der Waals surface area contributed by atoms with Gasteiger partial charge in [-0.05, 0) is 61.8 Å². The van der Waals surface area contributed by atoms with Crippen LogP contribution in [0.15, 0.2) is 48.7 Å². The smallest absolute Gasteiger partial charge is 0.177 e. The fourth-order valence-electron chi connectivity index (χ4n) is 4.06. The van der Waals surface area contributed by atoms with Gasteiger partial charge in [0, 0.05) is 25.7 Å². The van der Waals surface area contributed by atoms with Gasteiger partial charge in [0.05, 0.1) is 5.69 Å². The Bertz CT molecular complexity index is 1140. The molecule has 148 valence electrons. The van der Waals surface area contributed by atoms with Crippen molar-refractivity contribution in [2.24, 2.45) is 7.05 Å². The maximum absolute atomic E-state index is 13.4. The number of likely N-dealkylation sites (tertiary alicyclic amines) is 1. The molecule has 0 saturated carbocycles. The minimum atomic E-state index is -0.178. The maximum Gasteiger partial charge on any atom is 0.177 e. The SMILES string of the molecule is Cn1nccc1-c1ccc2nnc(C3CCN(Cc4cccc(F)c4)CC3)n2n1. The van der Waals surface area contributed by atoms with Crippen LogP contribution in [0.1, 0.15) is 30.1 Å². The predicted octanol–water partition coefficient (Wildman–Crippen LogP) is 3.04. The lowest BCUT2D eigenvalue weighted by Gasteiger charge is -2.31. The number of piperidine rings is 1. The summed E-state index contributed by atoms with van der Waals surface area (Å²) in [5.74, 6) is 1.04. The van der Waals surface area contributed by atoms with Crippen molar-refractivity contribution in [3.05, 3.63) is 65.9 Å². The van der Waals surface area contributed by atoms with Crippen molar-refractivity contribution >= 4 is 5.65 Å². The molecule has 7 nitrogen and oxygen atoms in total. The monoisotopic (exact) mass is 391 g/mol. The first-order valence-corrected chi connectivity index (χ1v) is 9.85. The average molecular weight is 391 g/mol. The van der Waals surface area contributed by atoms with Gasteiger partial charge in [-0.25, -0.2) is 4.39 Å². The molecule has 3 aromatic heterocycles. The van der Waals surface area contributed by atoms with E-state index in [2.05, 4.69) is 20.2 Å². The molecule has 0 unspecified atom stereocenters. The van der Waals surface area contributed by atoms with Gasteiger partial charge >= 0.3 is 0 Å². The van der Waals surface area contributed by atoms with E-state index in [1.54, 1.807) is 18.3 Å². The van der Waals surface area contributed by atoms with Crippen molar-refractivity contribution in [1.82, 2.24) is 34.5 Å². The van der Waals surface area contributed by atoms with Gasteiger partial charge in [0.2, 0.25) is 0 Å². The van der Waals surface area contributed by atoms with Crippen LogP contribution >= 0.6 is 0 Å². The molecule has 5 rings (SSSR count). The highest BCUT2D eigenvalue weighted by atomic mass is 19.1. The van der Waals surface area contributed by atoms with Gasteiger partial charge in [0.1, 0.15) is 11.5 Å². The maximum atomic E-state index is 13.4. The van der Waals surface area contributed by atoms with Gasteiger partial charge in [0.15, 0.2) is 11.5 Å². The van der Waals surface area contributed by atoms with Gasteiger partial charge in [-0.1, -0.05) is 12.1 Å². The third-order valence-electron chi connectivity index (χ3n) is 5.62. The first-order valence-electron chi connectivity index (χ1n) is 9.85. The molecule has 1 saturated heterocycles. The molecule has 0 N–H and O–H groups in total.